The minimum Gasteiger partial charge on any atom is -0.497 e. The lowest BCUT2D eigenvalue weighted by Gasteiger charge is -2.26. The lowest BCUT2D eigenvalue weighted by molar-refractivity contribution is -0.119. The average molecular weight is 499 g/mol. The van der Waals surface area contributed by atoms with Gasteiger partial charge in [0.1, 0.15) is 30.4 Å². The normalized spacial score (nSPS) is 11.0. The molecule has 0 bridgehead atoms. The van der Waals surface area contributed by atoms with E-state index in [-0.39, 0.29) is 29.5 Å². The van der Waals surface area contributed by atoms with Crippen molar-refractivity contribution in [3.8, 4) is 17.2 Å². The molecular formula is C26H30N2O6S. The van der Waals surface area contributed by atoms with Crippen LogP contribution in [0, 0.1) is 13.8 Å². The second-order valence-electron chi connectivity index (χ2n) is 7.83. The maximum Gasteiger partial charge on any atom is 0.264 e. The van der Waals surface area contributed by atoms with Gasteiger partial charge in [0, 0.05) is 6.07 Å². The third-order valence-corrected chi connectivity index (χ3v) is 7.06. The number of carbonyl (C=O) groups excluding carboxylic acids is 1. The molecule has 0 spiro atoms. The monoisotopic (exact) mass is 498 g/mol. The Labute approximate surface area is 206 Å². The smallest absolute Gasteiger partial charge is 0.264 e. The zero-order valence-electron chi connectivity index (χ0n) is 20.3. The molecule has 0 aliphatic heterocycles. The Morgan fingerprint density at radius 2 is 1.63 bits per heavy atom. The average Bonchev–Trinajstić information content (AvgIpc) is 2.86. The largest absolute Gasteiger partial charge is 0.497 e. The van der Waals surface area contributed by atoms with Crippen LogP contribution in [0.1, 0.15) is 11.1 Å². The molecule has 3 aromatic carbocycles. The second-order valence-corrected chi connectivity index (χ2v) is 9.69. The van der Waals surface area contributed by atoms with Gasteiger partial charge in [0.25, 0.3) is 10.0 Å². The number of anilines is 1. The van der Waals surface area contributed by atoms with Crippen LogP contribution < -0.4 is 23.8 Å². The molecule has 0 aliphatic carbocycles. The summed E-state index contributed by atoms with van der Waals surface area (Å²) >= 11 is 0. The van der Waals surface area contributed by atoms with Crippen molar-refractivity contribution in [1.29, 1.82) is 0 Å². The van der Waals surface area contributed by atoms with Gasteiger partial charge in [-0.1, -0.05) is 35.9 Å². The molecule has 0 aromatic heterocycles. The van der Waals surface area contributed by atoms with E-state index in [0.717, 1.165) is 21.2 Å². The predicted molar refractivity (Wildman–Crippen MR) is 135 cm³/mol. The van der Waals surface area contributed by atoms with Crippen molar-refractivity contribution < 1.29 is 27.4 Å². The van der Waals surface area contributed by atoms with Crippen LogP contribution >= 0.6 is 0 Å². The topological polar surface area (TPSA) is 94.2 Å². The molecule has 0 saturated heterocycles. The number of methoxy groups -OCH3 is 2. The number of carbonyl (C=O) groups is 1. The third kappa shape index (κ3) is 6.45. The highest BCUT2D eigenvalue weighted by molar-refractivity contribution is 7.92. The molecule has 0 fully saturated rings. The summed E-state index contributed by atoms with van der Waals surface area (Å²) in [5.41, 5.74) is 2.33. The molecule has 0 unspecified atom stereocenters. The highest BCUT2D eigenvalue weighted by Gasteiger charge is 2.29. The molecule has 0 aliphatic rings. The number of nitrogens with zero attached hydrogens (tertiary/aromatic N) is 1. The Morgan fingerprint density at radius 3 is 2.29 bits per heavy atom. The number of ether oxygens (including phenoxy) is 3. The highest BCUT2D eigenvalue weighted by atomic mass is 32.2. The van der Waals surface area contributed by atoms with Gasteiger partial charge in [0.15, 0.2) is 0 Å². The summed E-state index contributed by atoms with van der Waals surface area (Å²) in [7, 11) is -1.17. The SMILES string of the molecule is COc1ccc(OC)c(N(CC(=O)NCCOc2ccc(C)cc2C)S(=O)(=O)c2ccccc2)c1. The molecule has 0 radical (unpaired) electrons. The third-order valence-electron chi connectivity index (χ3n) is 5.29. The summed E-state index contributed by atoms with van der Waals surface area (Å²) in [6, 6.07) is 18.5. The molecule has 0 heterocycles. The summed E-state index contributed by atoms with van der Waals surface area (Å²) in [5.74, 6) is 0.963. The van der Waals surface area contributed by atoms with Crippen molar-refractivity contribution in [2.24, 2.45) is 0 Å². The number of sulfonamides is 1. The molecule has 3 rings (SSSR count). The Balaban J connectivity index is 1.79. The van der Waals surface area contributed by atoms with Crippen LogP contribution in [-0.2, 0) is 14.8 Å². The number of amides is 1. The van der Waals surface area contributed by atoms with Crippen molar-refractivity contribution in [2.75, 3.05) is 38.2 Å². The van der Waals surface area contributed by atoms with Crippen molar-refractivity contribution in [2.45, 2.75) is 18.7 Å². The number of hydrogen-bond acceptors (Lipinski definition) is 6. The molecule has 35 heavy (non-hydrogen) atoms. The van der Waals surface area contributed by atoms with Crippen LogP contribution in [0.5, 0.6) is 17.2 Å². The highest BCUT2D eigenvalue weighted by Crippen LogP contribution is 2.35. The van der Waals surface area contributed by atoms with Gasteiger partial charge in [-0.25, -0.2) is 8.42 Å². The van der Waals surface area contributed by atoms with Gasteiger partial charge in [0.05, 0.1) is 31.3 Å². The molecule has 1 N–H and O–H groups in total. The van der Waals surface area contributed by atoms with Crippen molar-refractivity contribution >= 4 is 21.6 Å². The maximum absolute atomic E-state index is 13.5. The second kappa shape index (κ2) is 11.6. The first-order chi connectivity index (χ1) is 16.8. The van der Waals surface area contributed by atoms with Crippen molar-refractivity contribution in [1.82, 2.24) is 5.32 Å². The first-order valence-corrected chi connectivity index (χ1v) is 12.5. The van der Waals surface area contributed by atoms with Gasteiger partial charge < -0.3 is 19.5 Å². The molecule has 8 nitrogen and oxygen atoms in total. The van der Waals surface area contributed by atoms with E-state index in [4.69, 9.17) is 14.2 Å². The number of rotatable bonds is 11. The van der Waals surface area contributed by atoms with Crippen LogP contribution in [0.3, 0.4) is 0 Å². The zero-order valence-corrected chi connectivity index (χ0v) is 21.1. The summed E-state index contributed by atoms with van der Waals surface area (Å²) in [6.07, 6.45) is 0. The molecule has 9 heteroatoms. The number of nitrogens with one attached hydrogen (secondary N) is 1. The van der Waals surface area contributed by atoms with E-state index in [1.165, 1.54) is 32.4 Å². The van der Waals surface area contributed by atoms with E-state index in [1.54, 1.807) is 30.3 Å². The number of aryl methyl sites for hydroxylation is 2. The van der Waals surface area contributed by atoms with Crippen LogP contribution in [0.15, 0.2) is 71.6 Å². The standard InChI is InChI=1S/C26H30N2O6S/c1-19-10-12-24(20(2)16-19)34-15-14-27-26(29)18-28(35(30,31)22-8-6-5-7-9-22)23-17-21(32-3)11-13-25(23)33-4/h5-13,16-17H,14-15,18H2,1-4H3,(H,27,29). The van der Waals surface area contributed by atoms with E-state index in [0.29, 0.717) is 5.75 Å². The summed E-state index contributed by atoms with van der Waals surface area (Å²) in [5, 5.41) is 2.73. The number of benzene rings is 3. The van der Waals surface area contributed by atoms with Gasteiger partial charge in [-0.05, 0) is 49.7 Å². The molecular weight excluding hydrogens is 468 g/mol. The maximum atomic E-state index is 13.5. The molecule has 3 aromatic rings. The molecule has 186 valence electrons. The Bertz CT molecular complexity index is 1260. The first-order valence-electron chi connectivity index (χ1n) is 11.0. The lowest BCUT2D eigenvalue weighted by Crippen LogP contribution is -2.42. The van der Waals surface area contributed by atoms with Gasteiger partial charge in [0.2, 0.25) is 5.91 Å². The van der Waals surface area contributed by atoms with E-state index in [9.17, 15) is 13.2 Å². The van der Waals surface area contributed by atoms with Crippen molar-refractivity contribution in [3.05, 3.63) is 77.9 Å². The Kier molecular flexibility index (Phi) is 8.59. The van der Waals surface area contributed by atoms with Crippen LogP contribution in [0.2, 0.25) is 0 Å². The van der Waals surface area contributed by atoms with E-state index in [2.05, 4.69) is 5.32 Å². The summed E-state index contributed by atoms with van der Waals surface area (Å²) in [4.78, 5) is 12.9. The summed E-state index contributed by atoms with van der Waals surface area (Å²) < 4.78 is 44.5. The Morgan fingerprint density at radius 1 is 0.914 bits per heavy atom. The van der Waals surface area contributed by atoms with Gasteiger partial charge in [-0.3, -0.25) is 9.10 Å². The van der Waals surface area contributed by atoms with Crippen LogP contribution in [0.25, 0.3) is 0 Å². The van der Waals surface area contributed by atoms with E-state index in [1.807, 2.05) is 32.0 Å². The number of hydrogen-bond donors (Lipinski definition) is 1. The minimum absolute atomic E-state index is 0.0517. The predicted octanol–water partition coefficient (Wildman–Crippen LogP) is 3.71. The van der Waals surface area contributed by atoms with Gasteiger partial charge in [-0.15, -0.1) is 0 Å². The minimum atomic E-state index is -4.08. The molecule has 0 atom stereocenters. The van der Waals surface area contributed by atoms with Gasteiger partial charge >= 0.3 is 0 Å². The molecule has 1 amide bonds. The lowest BCUT2D eigenvalue weighted by atomic mass is 10.1. The van der Waals surface area contributed by atoms with Gasteiger partial charge in [-0.2, -0.15) is 0 Å². The zero-order chi connectivity index (χ0) is 25.4. The molecule has 0 saturated carbocycles. The fraction of sp³-hybridized carbons (Fsp3) is 0.269. The van der Waals surface area contributed by atoms with Crippen molar-refractivity contribution in [3.63, 3.8) is 0 Å². The van der Waals surface area contributed by atoms with E-state index < -0.39 is 22.5 Å². The van der Waals surface area contributed by atoms with Crippen LogP contribution in [0.4, 0.5) is 5.69 Å². The quantitative estimate of drug-likeness (QED) is 0.405. The Hall–Kier alpha value is -3.72. The summed E-state index contributed by atoms with van der Waals surface area (Å²) in [6.45, 7) is 3.95. The van der Waals surface area contributed by atoms with E-state index >= 15 is 0 Å². The fourth-order valence-corrected chi connectivity index (χ4v) is 4.95. The fourth-order valence-electron chi connectivity index (χ4n) is 3.51. The first kappa shape index (κ1) is 25.9. The van der Waals surface area contributed by atoms with Crippen LogP contribution in [-0.4, -0.2) is 48.2 Å².